The van der Waals surface area contributed by atoms with E-state index < -0.39 is 0 Å². The van der Waals surface area contributed by atoms with Gasteiger partial charge in [0.1, 0.15) is 6.17 Å². The number of likely N-dealkylation sites (N-methyl/N-ethyl adjacent to an activating group) is 1. The fourth-order valence-electron chi connectivity index (χ4n) is 2.09. The lowest BCUT2D eigenvalue weighted by Crippen LogP contribution is -2.53. The third-order valence-corrected chi connectivity index (χ3v) is 2.90. The second-order valence-electron chi connectivity index (χ2n) is 3.76. The number of piperazine rings is 1. The first-order valence-corrected chi connectivity index (χ1v) is 5.47. The van der Waals surface area contributed by atoms with E-state index in [2.05, 4.69) is 46.5 Å². The quantitative estimate of drug-likeness (QED) is 0.693. The van der Waals surface area contributed by atoms with Crippen molar-refractivity contribution in [1.82, 2.24) is 15.1 Å². The standard InChI is InChI=1S/C11H19N3/c1-2-13-8-4-3-5-11(13)14-9-6-12-7-10-14/h3-5,8,11-12H,2,6-7,9-10H2,1H3. The lowest BCUT2D eigenvalue weighted by Gasteiger charge is -2.40. The zero-order valence-corrected chi connectivity index (χ0v) is 8.82. The summed E-state index contributed by atoms with van der Waals surface area (Å²) in [5, 5.41) is 3.38. The van der Waals surface area contributed by atoms with E-state index >= 15 is 0 Å². The average Bonchev–Trinajstić information content (AvgIpc) is 2.30. The van der Waals surface area contributed by atoms with E-state index in [0.717, 1.165) is 32.7 Å². The number of rotatable bonds is 2. The van der Waals surface area contributed by atoms with Gasteiger partial charge in [-0.2, -0.15) is 0 Å². The van der Waals surface area contributed by atoms with Crippen molar-refractivity contribution in [2.45, 2.75) is 13.1 Å². The summed E-state index contributed by atoms with van der Waals surface area (Å²) in [7, 11) is 0. The summed E-state index contributed by atoms with van der Waals surface area (Å²) in [4.78, 5) is 4.91. The van der Waals surface area contributed by atoms with Crippen molar-refractivity contribution in [3.63, 3.8) is 0 Å². The zero-order chi connectivity index (χ0) is 9.80. The fraction of sp³-hybridized carbons (Fsp3) is 0.636. The molecule has 0 bridgehead atoms. The smallest absolute Gasteiger partial charge is 0.101 e. The van der Waals surface area contributed by atoms with Gasteiger partial charge in [-0.15, -0.1) is 0 Å². The summed E-state index contributed by atoms with van der Waals surface area (Å²) >= 11 is 0. The van der Waals surface area contributed by atoms with Crippen molar-refractivity contribution < 1.29 is 0 Å². The summed E-state index contributed by atoms with van der Waals surface area (Å²) in [5.41, 5.74) is 0. The molecule has 0 spiro atoms. The third kappa shape index (κ3) is 1.99. The Morgan fingerprint density at radius 2 is 2.07 bits per heavy atom. The minimum absolute atomic E-state index is 0.479. The highest BCUT2D eigenvalue weighted by Gasteiger charge is 2.22. The van der Waals surface area contributed by atoms with Crippen LogP contribution in [0.25, 0.3) is 0 Å². The maximum atomic E-state index is 3.38. The molecule has 78 valence electrons. The summed E-state index contributed by atoms with van der Waals surface area (Å²) in [6.45, 7) is 7.82. The summed E-state index contributed by atoms with van der Waals surface area (Å²) in [5.74, 6) is 0. The topological polar surface area (TPSA) is 18.5 Å². The molecular weight excluding hydrogens is 174 g/mol. The molecule has 2 aliphatic rings. The molecule has 1 saturated heterocycles. The molecule has 3 nitrogen and oxygen atoms in total. The van der Waals surface area contributed by atoms with Crippen LogP contribution in [-0.2, 0) is 0 Å². The van der Waals surface area contributed by atoms with Gasteiger partial charge in [-0.1, -0.05) is 6.08 Å². The van der Waals surface area contributed by atoms with Crippen LogP contribution in [-0.4, -0.2) is 48.7 Å². The van der Waals surface area contributed by atoms with Crippen molar-refractivity contribution in [2.75, 3.05) is 32.7 Å². The maximum Gasteiger partial charge on any atom is 0.101 e. The van der Waals surface area contributed by atoms with Crippen molar-refractivity contribution in [2.24, 2.45) is 0 Å². The Labute approximate surface area is 86.1 Å². The molecule has 3 heteroatoms. The SMILES string of the molecule is CCN1C=CC=CC1N1CCNCC1. The van der Waals surface area contributed by atoms with E-state index in [1.165, 1.54) is 0 Å². The molecule has 1 atom stereocenters. The number of hydrogen-bond donors (Lipinski definition) is 1. The van der Waals surface area contributed by atoms with Gasteiger partial charge in [0.2, 0.25) is 0 Å². The summed E-state index contributed by atoms with van der Waals surface area (Å²) in [6.07, 6.45) is 9.22. The summed E-state index contributed by atoms with van der Waals surface area (Å²) < 4.78 is 0. The normalized spacial score (nSPS) is 28.4. The maximum absolute atomic E-state index is 3.38. The van der Waals surface area contributed by atoms with Crippen LogP contribution >= 0.6 is 0 Å². The molecule has 0 radical (unpaired) electrons. The molecule has 0 saturated carbocycles. The predicted octanol–water partition coefficient (Wildman–Crippen LogP) is 0.623. The Morgan fingerprint density at radius 1 is 1.29 bits per heavy atom. The van der Waals surface area contributed by atoms with Gasteiger partial charge in [-0.25, -0.2) is 0 Å². The van der Waals surface area contributed by atoms with E-state index in [0.29, 0.717) is 6.17 Å². The Morgan fingerprint density at radius 3 is 2.79 bits per heavy atom. The first-order valence-electron chi connectivity index (χ1n) is 5.47. The first-order chi connectivity index (χ1) is 6.92. The van der Waals surface area contributed by atoms with Gasteiger partial charge in [-0.05, 0) is 19.1 Å². The monoisotopic (exact) mass is 193 g/mol. The molecular formula is C11H19N3. The van der Waals surface area contributed by atoms with Gasteiger partial charge in [0.25, 0.3) is 0 Å². The molecule has 14 heavy (non-hydrogen) atoms. The highest BCUT2D eigenvalue weighted by molar-refractivity contribution is 5.12. The molecule has 0 aromatic rings. The van der Waals surface area contributed by atoms with Crippen LogP contribution in [0.1, 0.15) is 6.92 Å². The zero-order valence-electron chi connectivity index (χ0n) is 8.82. The molecule has 2 rings (SSSR count). The molecule has 0 aromatic heterocycles. The largest absolute Gasteiger partial charge is 0.359 e. The minimum atomic E-state index is 0.479. The Hall–Kier alpha value is -0.800. The average molecular weight is 193 g/mol. The third-order valence-electron chi connectivity index (χ3n) is 2.90. The highest BCUT2D eigenvalue weighted by atomic mass is 15.4. The molecule has 0 aliphatic carbocycles. The molecule has 2 aliphatic heterocycles. The Kier molecular flexibility index (Phi) is 3.22. The molecule has 0 aromatic carbocycles. The van der Waals surface area contributed by atoms with E-state index in [4.69, 9.17) is 0 Å². The van der Waals surface area contributed by atoms with Crippen LogP contribution in [0.5, 0.6) is 0 Å². The van der Waals surface area contributed by atoms with Gasteiger partial charge < -0.3 is 10.2 Å². The molecule has 1 N–H and O–H groups in total. The van der Waals surface area contributed by atoms with Crippen molar-refractivity contribution in [1.29, 1.82) is 0 Å². The van der Waals surface area contributed by atoms with Crippen LogP contribution in [0.3, 0.4) is 0 Å². The number of hydrogen-bond acceptors (Lipinski definition) is 3. The number of nitrogens with one attached hydrogen (secondary N) is 1. The second-order valence-corrected chi connectivity index (χ2v) is 3.76. The second kappa shape index (κ2) is 4.62. The van der Waals surface area contributed by atoms with Crippen LogP contribution in [0.4, 0.5) is 0 Å². The molecule has 1 unspecified atom stereocenters. The van der Waals surface area contributed by atoms with E-state index in [9.17, 15) is 0 Å². The van der Waals surface area contributed by atoms with Crippen LogP contribution in [0, 0.1) is 0 Å². The molecule has 0 amide bonds. The van der Waals surface area contributed by atoms with Gasteiger partial charge in [0.15, 0.2) is 0 Å². The van der Waals surface area contributed by atoms with Crippen molar-refractivity contribution >= 4 is 0 Å². The van der Waals surface area contributed by atoms with Gasteiger partial charge >= 0.3 is 0 Å². The van der Waals surface area contributed by atoms with E-state index in [1.54, 1.807) is 0 Å². The lowest BCUT2D eigenvalue weighted by molar-refractivity contribution is 0.101. The van der Waals surface area contributed by atoms with Crippen molar-refractivity contribution in [3.05, 3.63) is 24.4 Å². The van der Waals surface area contributed by atoms with Gasteiger partial charge in [-0.3, -0.25) is 4.90 Å². The minimum Gasteiger partial charge on any atom is -0.359 e. The van der Waals surface area contributed by atoms with Gasteiger partial charge in [0.05, 0.1) is 0 Å². The first kappa shape index (κ1) is 9.74. The number of allylic oxidation sites excluding steroid dienone is 2. The Balaban J connectivity index is 2.00. The fourth-order valence-corrected chi connectivity index (χ4v) is 2.09. The van der Waals surface area contributed by atoms with E-state index in [-0.39, 0.29) is 0 Å². The highest BCUT2D eigenvalue weighted by Crippen LogP contribution is 2.13. The summed E-state index contributed by atoms with van der Waals surface area (Å²) in [6, 6.07) is 0. The van der Waals surface area contributed by atoms with Crippen LogP contribution in [0.15, 0.2) is 24.4 Å². The van der Waals surface area contributed by atoms with Crippen LogP contribution in [0.2, 0.25) is 0 Å². The van der Waals surface area contributed by atoms with Crippen molar-refractivity contribution in [3.8, 4) is 0 Å². The molecule has 1 fully saturated rings. The predicted molar refractivity (Wildman–Crippen MR) is 58.9 cm³/mol. The van der Waals surface area contributed by atoms with Crippen LogP contribution < -0.4 is 5.32 Å². The van der Waals surface area contributed by atoms with E-state index in [1.807, 2.05) is 0 Å². The Bertz CT molecular complexity index is 229. The molecule has 2 heterocycles. The lowest BCUT2D eigenvalue weighted by atomic mass is 10.2. The number of nitrogens with zero attached hydrogens (tertiary/aromatic N) is 2. The van der Waals surface area contributed by atoms with Gasteiger partial charge in [0, 0.05) is 38.9 Å².